The third-order valence-electron chi connectivity index (χ3n) is 3.70. The summed E-state index contributed by atoms with van der Waals surface area (Å²) in [6, 6.07) is 3.60. The molecule has 0 saturated heterocycles. The molecule has 0 aliphatic rings. The molecule has 0 aromatic heterocycles. The van der Waals surface area contributed by atoms with Gasteiger partial charge in [-0.2, -0.15) is 0 Å². The molecule has 0 bridgehead atoms. The lowest BCUT2D eigenvalue weighted by Gasteiger charge is -2.18. The van der Waals surface area contributed by atoms with E-state index >= 15 is 0 Å². The van der Waals surface area contributed by atoms with Crippen LogP contribution in [0.4, 0.5) is 0 Å². The summed E-state index contributed by atoms with van der Waals surface area (Å²) in [5.74, 6) is 0.313. The Kier molecular flexibility index (Phi) is 8.68. The Morgan fingerprint density at radius 3 is 2.19 bits per heavy atom. The van der Waals surface area contributed by atoms with E-state index in [0.29, 0.717) is 11.5 Å². The fourth-order valence-corrected chi connectivity index (χ4v) is 2.65. The minimum atomic E-state index is -0.537. The van der Waals surface area contributed by atoms with Crippen LogP contribution in [0.3, 0.4) is 0 Å². The molecule has 0 N–H and O–H groups in total. The van der Waals surface area contributed by atoms with Crippen molar-refractivity contribution in [3.8, 4) is 11.5 Å². The van der Waals surface area contributed by atoms with Gasteiger partial charge in [-0.25, -0.2) is 4.79 Å². The van der Waals surface area contributed by atoms with Gasteiger partial charge in [-0.3, -0.25) is 4.79 Å². The number of carbonyl (C=O) groups is 2. The molecular weight excluding hydrogens is 336 g/mol. The first-order valence-corrected chi connectivity index (χ1v) is 8.67. The van der Waals surface area contributed by atoms with Crippen LogP contribution < -0.4 is 9.47 Å². The topological polar surface area (TPSA) is 71.1 Å². The zero-order valence-electron chi connectivity index (χ0n) is 16.4. The third-order valence-corrected chi connectivity index (χ3v) is 3.70. The molecule has 6 nitrogen and oxygen atoms in total. The maximum Gasteiger partial charge on any atom is 0.334 e. The predicted molar refractivity (Wildman–Crippen MR) is 99.5 cm³/mol. The quantitative estimate of drug-likeness (QED) is 0.491. The third kappa shape index (κ3) is 5.51. The van der Waals surface area contributed by atoms with Gasteiger partial charge in [0.25, 0.3) is 0 Å². The molecule has 0 fully saturated rings. The Labute approximate surface area is 155 Å². The van der Waals surface area contributed by atoms with Crippen molar-refractivity contribution in [3.63, 3.8) is 0 Å². The van der Waals surface area contributed by atoms with Gasteiger partial charge < -0.3 is 18.9 Å². The zero-order valence-corrected chi connectivity index (χ0v) is 16.4. The lowest BCUT2D eigenvalue weighted by Crippen LogP contribution is -2.14. The van der Waals surface area contributed by atoms with Crippen LogP contribution in [0, 0.1) is 0 Å². The fourth-order valence-electron chi connectivity index (χ4n) is 2.65. The van der Waals surface area contributed by atoms with Crippen LogP contribution >= 0.6 is 0 Å². The molecule has 0 heterocycles. The molecule has 0 aliphatic heterocycles. The highest BCUT2D eigenvalue weighted by Gasteiger charge is 2.20. The van der Waals surface area contributed by atoms with Gasteiger partial charge >= 0.3 is 11.9 Å². The minimum absolute atomic E-state index is 0.109. The average Bonchev–Trinajstić information content (AvgIpc) is 2.60. The molecule has 0 saturated carbocycles. The summed E-state index contributed by atoms with van der Waals surface area (Å²) in [6.07, 6.45) is 1.50. The van der Waals surface area contributed by atoms with Gasteiger partial charge in [0.2, 0.25) is 0 Å². The van der Waals surface area contributed by atoms with Gasteiger partial charge in [-0.05, 0) is 37.5 Å². The van der Waals surface area contributed by atoms with E-state index < -0.39 is 11.9 Å². The Morgan fingerprint density at radius 1 is 1.04 bits per heavy atom. The van der Waals surface area contributed by atoms with Crippen LogP contribution in [-0.4, -0.2) is 39.4 Å². The van der Waals surface area contributed by atoms with Crippen LogP contribution in [0.15, 0.2) is 17.7 Å². The molecule has 0 aliphatic carbocycles. The van der Waals surface area contributed by atoms with Crippen LogP contribution in [0.1, 0.15) is 51.2 Å². The molecule has 1 aromatic carbocycles. The largest absolute Gasteiger partial charge is 0.493 e. The van der Waals surface area contributed by atoms with E-state index in [-0.39, 0.29) is 31.1 Å². The Bertz CT molecular complexity index is 661. The number of methoxy groups -OCH3 is 2. The summed E-state index contributed by atoms with van der Waals surface area (Å²) in [4.78, 5) is 24.2. The summed E-state index contributed by atoms with van der Waals surface area (Å²) in [6.45, 7) is 7.95. The molecule has 0 atom stereocenters. The Morgan fingerprint density at radius 2 is 1.69 bits per heavy atom. The molecule has 6 heteroatoms. The summed E-state index contributed by atoms with van der Waals surface area (Å²) < 4.78 is 20.9. The Balaban J connectivity index is 3.45. The molecule has 0 unspecified atom stereocenters. The maximum atomic E-state index is 12.3. The van der Waals surface area contributed by atoms with Crippen molar-refractivity contribution in [3.05, 3.63) is 28.8 Å². The van der Waals surface area contributed by atoms with Crippen LogP contribution in [0.2, 0.25) is 0 Å². The molecule has 26 heavy (non-hydrogen) atoms. The summed E-state index contributed by atoms with van der Waals surface area (Å²) in [5, 5.41) is 0. The van der Waals surface area contributed by atoms with E-state index in [1.807, 2.05) is 19.9 Å². The minimum Gasteiger partial charge on any atom is -0.493 e. The lowest BCUT2D eigenvalue weighted by molar-refractivity contribution is -0.145. The van der Waals surface area contributed by atoms with Gasteiger partial charge in [0.15, 0.2) is 11.5 Å². The van der Waals surface area contributed by atoms with E-state index in [1.165, 1.54) is 0 Å². The van der Waals surface area contributed by atoms with Crippen LogP contribution in [0.25, 0.3) is 6.08 Å². The normalized spacial score (nSPS) is 11.3. The molecule has 1 rings (SSSR count). The second-order valence-electron chi connectivity index (χ2n) is 5.83. The van der Waals surface area contributed by atoms with E-state index in [4.69, 9.17) is 18.9 Å². The number of hydrogen-bond acceptors (Lipinski definition) is 6. The van der Waals surface area contributed by atoms with Crippen molar-refractivity contribution in [1.29, 1.82) is 0 Å². The fraction of sp³-hybridized carbons (Fsp3) is 0.500. The van der Waals surface area contributed by atoms with E-state index in [9.17, 15) is 9.59 Å². The number of hydrogen-bond donors (Lipinski definition) is 0. The molecular formula is C20H28O6. The van der Waals surface area contributed by atoms with Gasteiger partial charge in [0.05, 0.1) is 33.9 Å². The second-order valence-corrected chi connectivity index (χ2v) is 5.83. The highest BCUT2D eigenvalue weighted by molar-refractivity contribution is 5.98. The van der Waals surface area contributed by atoms with Gasteiger partial charge in [0, 0.05) is 11.1 Å². The van der Waals surface area contributed by atoms with Crippen LogP contribution in [-0.2, 0) is 19.1 Å². The van der Waals surface area contributed by atoms with Gasteiger partial charge in [-0.15, -0.1) is 0 Å². The molecule has 0 amide bonds. The lowest BCUT2D eigenvalue weighted by atomic mass is 9.93. The van der Waals surface area contributed by atoms with Crippen molar-refractivity contribution in [2.75, 3.05) is 27.4 Å². The number of rotatable bonds is 9. The number of esters is 2. The monoisotopic (exact) mass is 364 g/mol. The van der Waals surface area contributed by atoms with E-state index in [0.717, 1.165) is 11.1 Å². The molecule has 144 valence electrons. The first-order valence-electron chi connectivity index (χ1n) is 8.67. The standard InChI is InChI=1S/C20H28O6/c1-7-25-17(21)12-15(20(22)26-8-2)11-14-9-10-16(23-5)19(24-6)18(14)13(3)4/h9-11,13H,7-8,12H2,1-6H3/b15-11-. The summed E-state index contributed by atoms with van der Waals surface area (Å²) in [5.41, 5.74) is 1.89. The summed E-state index contributed by atoms with van der Waals surface area (Å²) in [7, 11) is 3.14. The molecule has 1 aromatic rings. The smallest absolute Gasteiger partial charge is 0.334 e. The van der Waals surface area contributed by atoms with Gasteiger partial charge in [0.1, 0.15) is 0 Å². The Hall–Kier alpha value is -2.50. The van der Waals surface area contributed by atoms with Crippen molar-refractivity contribution in [2.45, 2.75) is 40.0 Å². The highest BCUT2D eigenvalue weighted by Crippen LogP contribution is 2.39. The SMILES string of the molecule is CCOC(=O)C/C(=C/c1ccc(OC)c(OC)c1C(C)C)C(=O)OCC. The van der Waals surface area contributed by atoms with Crippen LogP contribution in [0.5, 0.6) is 11.5 Å². The first-order chi connectivity index (χ1) is 12.4. The van der Waals surface area contributed by atoms with Gasteiger partial charge in [-0.1, -0.05) is 19.9 Å². The van der Waals surface area contributed by atoms with Crippen molar-refractivity contribution in [2.24, 2.45) is 0 Å². The molecule has 0 spiro atoms. The number of carbonyl (C=O) groups excluding carboxylic acids is 2. The van der Waals surface area contributed by atoms with Crippen molar-refractivity contribution >= 4 is 18.0 Å². The number of benzene rings is 1. The highest BCUT2D eigenvalue weighted by atomic mass is 16.5. The summed E-state index contributed by atoms with van der Waals surface area (Å²) >= 11 is 0. The zero-order chi connectivity index (χ0) is 19.7. The number of ether oxygens (including phenoxy) is 4. The van der Waals surface area contributed by atoms with Crippen molar-refractivity contribution in [1.82, 2.24) is 0 Å². The van der Waals surface area contributed by atoms with E-state index in [2.05, 4.69) is 0 Å². The molecule has 0 radical (unpaired) electrons. The van der Waals surface area contributed by atoms with Crippen molar-refractivity contribution < 1.29 is 28.5 Å². The maximum absolute atomic E-state index is 12.3. The second kappa shape index (κ2) is 10.5. The first kappa shape index (κ1) is 21.5. The average molecular weight is 364 g/mol. The predicted octanol–water partition coefficient (Wildman–Crippen LogP) is 3.73. The van der Waals surface area contributed by atoms with E-state index in [1.54, 1.807) is 40.2 Å².